The molecule has 2 fully saturated rings. The first-order chi connectivity index (χ1) is 21.4. The normalized spacial score (nSPS) is 32.2. The molecule has 2 aliphatic heterocycles. The molecule has 4 aromatic rings. The van der Waals surface area contributed by atoms with Gasteiger partial charge in [0.05, 0.1) is 39.1 Å². The van der Waals surface area contributed by atoms with Gasteiger partial charge in [0, 0.05) is 0 Å². The molecule has 8 atom stereocenters. The Labute approximate surface area is 261 Å². The predicted molar refractivity (Wildman–Crippen MR) is 159 cm³/mol. The number of imidazole rings is 2. The lowest BCUT2D eigenvalue weighted by Crippen LogP contribution is -2.35. The van der Waals surface area contributed by atoms with Gasteiger partial charge >= 0.3 is 13.4 Å². The van der Waals surface area contributed by atoms with Crippen molar-refractivity contribution in [3.05, 3.63) is 29.3 Å². The maximum absolute atomic E-state index is 12.3. The van der Waals surface area contributed by atoms with Gasteiger partial charge in [0.15, 0.2) is 35.1 Å². The summed E-state index contributed by atoms with van der Waals surface area (Å²) in [5.74, 6) is -0.109. The molecule has 4 aromatic heterocycles. The highest BCUT2D eigenvalue weighted by molar-refractivity contribution is 8.07. The van der Waals surface area contributed by atoms with Crippen LogP contribution in [0.1, 0.15) is 12.5 Å². The van der Waals surface area contributed by atoms with Crippen molar-refractivity contribution in [3.8, 4) is 0 Å². The Balaban J connectivity index is 1.28. The van der Waals surface area contributed by atoms with Crippen LogP contribution in [0.5, 0.6) is 0 Å². The molecule has 2 aliphatic rings. The van der Waals surface area contributed by atoms with Crippen LogP contribution in [-0.4, -0.2) is 110 Å². The van der Waals surface area contributed by atoms with E-state index >= 15 is 0 Å². The minimum Gasteiger partial charge on any atom is -0.392 e. The van der Waals surface area contributed by atoms with Crippen molar-refractivity contribution in [1.82, 2.24) is 39.0 Å². The molecule has 25 heteroatoms. The Bertz CT molecular complexity index is 1880. The zero-order valence-electron chi connectivity index (χ0n) is 22.7. The molecule has 45 heavy (non-hydrogen) atoms. The van der Waals surface area contributed by atoms with Gasteiger partial charge in [0.1, 0.15) is 36.3 Å². The standard InChI is InChI=1S/C20H26N10O11P2S2/c21-15-11-16(24-5-23-15)29(6-25-11)10(1-31)39-8-2-36-42(34,44)38-4-9-13(32)14(41-43(35,45)37-3-8)19(40-9)30-7-26-12-17(30)27-20(22)28-18(12)33/h5-10,13-14,19,31-32H,1-4H2,(H,34,44)(H,35,45)(H2,21,23,24)(H3,22,27,28,33)/t8-,9+,10+,13?,14-,19+,42?,43?/m0/s1. The summed E-state index contributed by atoms with van der Waals surface area (Å²) in [6, 6.07) is 0. The Morgan fingerprint density at radius 2 is 1.76 bits per heavy atom. The number of anilines is 2. The monoisotopic (exact) mass is 708 g/mol. The van der Waals surface area contributed by atoms with Crippen molar-refractivity contribution in [3.63, 3.8) is 0 Å². The van der Waals surface area contributed by atoms with Gasteiger partial charge < -0.3 is 54.5 Å². The molecule has 0 saturated carbocycles. The molecule has 2 saturated heterocycles. The van der Waals surface area contributed by atoms with Gasteiger partial charge in [-0.1, -0.05) is 0 Å². The molecule has 6 heterocycles. The van der Waals surface area contributed by atoms with Crippen LogP contribution in [0.25, 0.3) is 22.3 Å². The zero-order chi connectivity index (χ0) is 32.1. The lowest BCUT2D eigenvalue weighted by Gasteiger charge is -2.29. The van der Waals surface area contributed by atoms with Crippen LogP contribution in [0.4, 0.5) is 11.8 Å². The third-order valence-corrected chi connectivity index (χ3v) is 9.89. The number of nitrogens with one attached hydrogen (secondary N) is 1. The Hall–Kier alpha value is -2.60. The van der Waals surface area contributed by atoms with Crippen LogP contribution in [0.3, 0.4) is 0 Å². The fourth-order valence-corrected chi connectivity index (χ4v) is 7.26. The average molecular weight is 709 g/mol. The summed E-state index contributed by atoms with van der Waals surface area (Å²) in [6.07, 6.45) is -4.02. The zero-order valence-corrected chi connectivity index (χ0v) is 26.1. The van der Waals surface area contributed by atoms with Gasteiger partial charge in [-0.2, -0.15) is 4.98 Å². The van der Waals surface area contributed by atoms with Crippen molar-refractivity contribution >= 4 is 71.1 Å². The first-order valence-corrected chi connectivity index (χ1v) is 18.1. The summed E-state index contributed by atoms with van der Waals surface area (Å²) in [5, 5.41) is 21.3. The first kappa shape index (κ1) is 32.3. The van der Waals surface area contributed by atoms with Crippen molar-refractivity contribution in [2.75, 3.05) is 37.9 Å². The minimum atomic E-state index is -4.21. The molecular formula is C20H26N10O11P2S2. The molecule has 0 radical (unpaired) electrons. The summed E-state index contributed by atoms with van der Waals surface area (Å²) < 4.78 is 36.7. The number of nitrogens with zero attached hydrogens (tertiary/aromatic N) is 7. The van der Waals surface area contributed by atoms with Gasteiger partial charge in [-0.15, -0.1) is 0 Å². The number of nitrogen functional groups attached to an aromatic ring is 2. The van der Waals surface area contributed by atoms with E-state index in [1.165, 1.54) is 28.1 Å². The van der Waals surface area contributed by atoms with E-state index in [2.05, 4.69) is 29.9 Å². The largest absolute Gasteiger partial charge is 0.392 e. The van der Waals surface area contributed by atoms with E-state index in [1.807, 2.05) is 0 Å². The van der Waals surface area contributed by atoms with E-state index in [-0.39, 0.29) is 34.1 Å². The van der Waals surface area contributed by atoms with Gasteiger partial charge in [-0.05, 0) is 23.6 Å². The van der Waals surface area contributed by atoms with Crippen molar-refractivity contribution in [2.45, 2.75) is 36.9 Å². The highest BCUT2D eigenvalue weighted by Crippen LogP contribution is 2.51. The van der Waals surface area contributed by atoms with Crippen LogP contribution in [0, 0.1) is 0 Å². The van der Waals surface area contributed by atoms with Crippen molar-refractivity contribution < 1.29 is 47.6 Å². The van der Waals surface area contributed by atoms with E-state index < -0.39 is 82.3 Å². The second-order valence-electron chi connectivity index (χ2n) is 9.70. The van der Waals surface area contributed by atoms with Crippen LogP contribution >= 0.6 is 13.4 Å². The summed E-state index contributed by atoms with van der Waals surface area (Å²) in [4.78, 5) is 56.7. The van der Waals surface area contributed by atoms with Crippen LogP contribution < -0.4 is 17.0 Å². The van der Waals surface area contributed by atoms with Crippen LogP contribution in [-0.2, 0) is 51.2 Å². The Morgan fingerprint density at radius 1 is 1.04 bits per heavy atom. The Morgan fingerprint density at radius 3 is 2.51 bits per heavy atom. The smallest absolute Gasteiger partial charge is 0.325 e. The fourth-order valence-electron chi connectivity index (χ4n) is 4.69. The molecule has 9 N–H and O–H groups in total. The predicted octanol–water partition coefficient (Wildman–Crippen LogP) is -1.86. The van der Waals surface area contributed by atoms with Crippen LogP contribution in [0.15, 0.2) is 23.8 Å². The topological polar surface area (TPSA) is 296 Å². The van der Waals surface area contributed by atoms with E-state index in [9.17, 15) is 24.8 Å². The average Bonchev–Trinajstić information content (AvgIpc) is 3.68. The van der Waals surface area contributed by atoms with E-state index in [0.29, 0.717) is 0 Å². The summed E-state index contributed by atoms with van der Waals surface area (Å²) in [5.41, 5.74) is 11.3. The molecule has 244 valence electrons. The van der Waals surface area contributed by atoms with Gasteiger partial charge in [-0.25, -0.2) is 19.9 Å². The number of aliphatic hydroxyl groups is 2. The molecule has 0 aliphatic carbocycles. The third-order valence-electron chi connectivity index (χ3n) is 6.74. The second-order valence-corrected chi connectivity index (χ2v) is 15.3. The SMILES string of the molecule is Nc1nc2c(ncn2[C@@H]2O[C@@H]3COP(O)(=S)OC[C@H](O[C@H](CO)n4cnc5c(N)ncnc54)COP(O)(=S)O[C@H]2C3O)c(=O)[nH]1. The summed E-state index contributed by atoms with van der Waals surface area (Å²) in [6.45, 7) is -10.2. The molecule has 0 aromatic carbocycles. The quantitative estimate of drug-likeness (QED) is 0.112. The van der Waals surface area contributed by atoms with E-state index in [4.69, 9.17) is 62.6 Å². The molecule has 2 bridgehead atoms. The van der Waals surface area contributed by atoms with E-state index in [1.54, 1.807) is 0 Å². The number of rotatable bonds is 5. The molecule has 21 nitrogen and oxygen atoms in total. The van der Waals surface area contributed by atoms with Crippen molar-refractivity contribution in [2.24, 2.45) is 0 Å². The highest BCUT2D eigenvalue weighted by atomic mass is 32.5. The highest BCUT2D eigenvalue weighted by Gasteiger charge is 2.49. The number of fused-ring (bicyclic) bond motifs is 4. The maximum atomic E-state index is 12.3. The molecule has 0 spiro atoms. The van der Waals surface area contributed by atoms with E-state index in [0.717, 1.165) is 0 Å². The number of hydrogen-bond donors (Lipinski definition) is 7. The van der Waals surface area contributed by atoms with Gasteiger partial charge in [-0.3, -0.25) is 23.4 Å². The van der Waals surface area contributed by atoms with Crippen LogP contribution in [0.2, 0.25) is 0 Å². The van der Waals surface area contributed by atoms with Gasteiger partial charge in [0.2, 0.25) is 5.95 Å². The molecule has 0 amide bonds. The number of aromatic amines is 1. The first-order valence-electron chi connectivity index (χ1n) is 12.9. The lowest BCUT2D eigenvalue weighted by molar-refractivity contribution is -0.109. The summed E-state index contributed by atoms with van der Waals surface area (Å²) >= 11 is 10.4. The number of aromatic nitrogens is 8. The number of hydrogen-bond acceptors (Lipinski definition) is 18. The molecule has 3 unspecified atom stereocenters. The second kappa shape index (κ2) is 12.5. The third kappa shape index (κ3) is 6.64. The molecular weight excluding hydrogens is 682 g/mol. The molecule has 6 rings (SSSR count). The fraction of sp³-hybridized carbons (Fsp3) is 0.500. The van der Waals surface area contributed by atoms with Crippen molar-refractivity contribution in [1.29, 1.82) is 0 Å². The summed E-state index contributed by atoms with van der Waals surface area (Å²) in [7, 11) is 0. The maximum Gasteiger partial charge on any atom is 0.325 e. The van der Waals surface area contributed by atoms with Gasteiger partial charge in [0.25, 0.3) is 5.56 Å². The Kier molecular flexibility index (Phi) is 9.02. The number of nitrogens with two attached hydrogens (primary N) is 2. The lowest BCUT2D eigenvalue weighted by atomic mass is 10.1. The number of aliphatic hydroxyl groups excluding tert-OH is 2. The number of H-pyrrole nitrogens is 1. The minimum absolute atomic E-state index is 0.0185. The number of ether oxygens (including phenoxy) is 2.